The van der Waals surface area contributed by atoms with Crippen LogP contribution in [0.15, 0.2) is 59.1 Å². The van der Waals surface area contributed by atoms with Gasteiger partial charge in [-0.2, -0.15) is 0 Å². The predicted octanol–water partition coefficient (Wildman–Crippen LogP) is 3.71. The van der Waals surface area contributed by atoms with Crippen LogP contribution in [0, 0.1) is 0 Å². The molecule has 34 heavy (non-hydrogen) atoms. The molecule has 180 valence electrons. The number of carbonyl (C=O) groups is 2. The van der Waals surface area contributed by atoms with Crippen LogP contribution in [0.4, 0.5) is 0 Å². The van der Waals surface area contributed by atoms with E-state index in [1.165, 1.54) is 12.0 Å². The largest absolute Gasteiger partial charge is 0.507 e. The van der Waals surface area contributed by atoms with Crippen molar-refractivity contribution in [2.24, 2.45) is 0 Å². The zero-order chi connectivity index (χ0) is 25.0. The van der Waals surface area contributed by atoms with Crippen LogP contribution in [0.1, 0.15) is 17.2 Å². The SMILES string of the molecule is C=CCOc1ccc(C(O)=C2C(=O)C(=O)N(CCN(C)C)C2c2cc(Br)c(O)c(OC)c2)cc1. The van der Waals surface area contributed by atoms with E-state index in [2.05, 4.69) is 22.5 Å². The molecule has 0 aromatic heterocycles. The standard InChI is InChI=1S/C25H27BrN2O6/c1-5-12-34-17-8-6-15(7-9-17)22(29)20-21(16-13-18(26)23(30)19(14-16)33-4)28(11-10-27(2)3)25(32)24(20)31/h5-9,13-14,21,29-30H,1,10-12H2,2-4H3. The van der Waals surface area contributed by atoms with Gasteiger partial charge in [0.25, 0.3) is 11.7 Å². The topological polar surface area (TPSA) is 99.5 Å². The molecule has 1 saturated heterocycles. The van der Waals surface area contributed by atoms with Gasteiger partial charge in [-0.05, 0) is 72.0 Å². The van der Waals surface area contributed by atoms with Crippen molar-refractivity contribution in [2.45, 2.75) is 6.04 Å². The number of ketones is 1. The van der Waals surface area contributed by atoms with E-state index in [1.54, 1.807) is 42.5 Å². The first kappa shape index (κ1) is 25.3. The number of methoxy groups -OCH3 is 1. The van der Waals surface area contributed by atoms with Crippen LogP contribution in [0.25, 0.3) is 5.76 Å². The minimum absolute atomic E-state index is 0.0387. The van der Waals surface area contributed by atoms with Gasteiger partial charge >= 0.3 is 0 Å². The van der Waals surface area contributed by atoms with Crippen molar-refractivity contribution >= 4 is 33.4 Å². The molecule has 0 saturated carbocycles. The summed E-state index contributed by atoms with van der Waals surface area (Å²) in [5.41, 5.74) is 0.835. The van der Waals surface area contributed by atoms with Crippen molar-refractivity contribution in [3.63, 3.8) is 0 Å². The summed E-state index contributed by atoms with van der Waals surface area (Å²) in [6.45, 7) is 4.71. The monoisotopic (exact) mass is 530 g/mol. The second-order valence-electron chi connectivity index (χ2n) is 7.97. The van der Waals surface area contributed by atoms with E-state index in [4.69, 9.17) is 9.47 Å². The third-order valence-electron chi connectivity index (χ3n) is 5.41. The number of likely N-dealkylation sites (N-methyl/N-ethyl adjacent to an activating group) is 1. The Hall–Kier alpha value is -3.30. The summed E-state index contributed by atoms with van der Waals surface area (Å²) in [4.78, 5) is 29.5. The Morgan fingerprint density at radius 1 is 1.24 bits per heavy atom. The molecule has 1 fully saturated rings. The van der Waals surface area contributed by atoms with Gasteiger partial charge in [-0.1, -0.05) is 12.7 Å². The number of aromatic hydroxyl groups is 1. The van der Waals surface area contributed by atoms with Crippen molar-refractivity contribution in [3.05, 3.63) is 70.2 Å². The summed E-state index contributed by atoms with van der Waals surface area (Å²) < 4.78 is 11.1. The Kier molecular flexibility index (Phi) is 8.01. The van der Waals surface area contributed by atoms with E-state index in [-0.39, 0.29) is 29.4 Å². The molecule has 1 heterocycles. The van der Waals surface area contributed by atoms with E-state index in [0.29, 0.717) is 34.5 Å². The molecule has 0 bridgehead atoms. The maximum atomic E-state index is 13.1. The fourth-order valence-electron chi connectivity index (χ4n) is 3.69. The number of aliphatic hydroxyl groups is 1. The first-order valence-corrected chi connectivity index (χ1v) is 11.3. The van der Waals surface area contributed by atoms with Crippen molar-refractivity contribution in [2.75, 3.05) is 40.9 Å². The molecule has 8 nitrogen and oxygen atoms in total. The average Bonchev–Trinajstić information content (AvgIpc) is 3.07. The Balaban J connectivity index is 2.14. The van der Waals surface area contributed by atoms with Gasteiger partial charge in [0.2, 0.25) is 0 Å². The number of nitrogens with zero attached hydrogens (tertiary/aromatic N) is 2. The number of phenolic OH excluding ortho intramolecular Hbond substituents is 1. The van der Waals surface area contributed by atoms with E-state index in [1.807, 2.05) is 19.0 Å². The number of hydrogen-bond donors (Lipinski definition) is 2. The zero-order valence-electron chi connectivity index (χ0n) is 19.2. The van der Waals surface area contributed by atoms with Crippen molar-refractivity contribution in [1.82, 2.24) is 9.80 Å². The average molecular weight is 531 g/mol. The fourth-order valence-corrected chi connectivity index (χ4v) is 4.15. The normalized spacial score (nSPS) is 17.3. The molecule has 2 aromatic carbocycles. The first-order chi connectivity index (χ1) is 16.2. The second-order valence-corrected chi connectivity index (χ2v) is 8.83. The number of benzene rings is 2. The lowest BCUT2D eigenvalue weighted by molar-refractivity contribution is -0.140. The quantitative estimate of drug-likeness (QED) is 0.220. The fraction of sp³-hybridized carbons (Fsp3) is 0.280. The number of halogens is 1. The Morgan fingerprint density at radius 3 is 2.50 bits per heavy atom. The summed E-state index contributed by atoms with van der Waals surface area (Å²) in [5.74, 6) is -1.14. The molecule has 1 atom stereocenters. The minimum Gasteiger partial charge on any atom is -0.507 e. The van der Waals surface area contributed by atoms with Crippen LogP contribution in [0.3, 0.4) is 0 Å². The van der Waals surface area contributed by atoms with Crippen LogP contribution < -0.4 is 9.47 Å². The number of rotatable bonds is 9. The maximum absolute atomic E-state index is 13.1. The number of hydrogen-bond acceptors (Lipinski definition) is 7. The van der Waals surface area contributed by atoms with Crippen LogP contribution in [0.5, 0.6) is 17.2 Å². The highest BCUT2D eigenvalue weighted by atomic mass is 79.9. The van der Waals surface area contributed by atoms with Gasteiger partial charge in [-0.3, -0.25) is 9.59 Å². The predicted molar refractivity (Wildman–Crippen MR) is 132 cm³/mol. The van der Waals surface area contributed by atoms with Crippen LogP contribution in [-0.2, 0) is 9.59 Å². The zero-order valence-corrected chi connectivity index (χ0v) is 20.8. The molecule has 0 spiro atoms. The third-order valence-corrected chi connectivity index (χ3v) is 6.01. The third kappa shape index (κ3) is 5.10. The molecule has 2 N–H and O–H groups in total. The van der Waals surface area contributed by atoms with Crippen molar-refractivity contribution in [3.8, 4) is 17.2 Å². The molecule has 0 radical (unpaired) electrons. The smallest absolute Gasteiger partial charge is 0.295 e. The number of amides is 1. The molecular weight excluding hydrogens is 504 g/mol. The lowest BCUT2D eigenvalue weighted by atomic mass is 9.95. The summed E-state index contributed by atoms with van der Waals surface area (Å²) in [7, 11) is 5.13. The van der Waals surface area contributed by atoms with Gasteiger partial charge in [0.05, 0.1) is 23.2 Å². The van der Waals surface area contributed by atoms with E-state index >= 15 is 0 Å². The molecule has 2 aromatic rings. The Morgan fingerprint density at radius 2 is 1.91 bits per heavy atom. The van der Waals surface area contributed by atoms with Gasteiger partial charge in [-0.15, -0.1) is 0 Å². The van der Waals surface area contributed by atoms with Gasteiger partial charge in [0, 0.05) is 18.7 Å². The molecule has 0 aliphatic carbocycles. The number of ether oxygens (including phenoxy) is 2. The number of Topliss-reactive ketones (excluding diaryl/α,β-unsaturated/α-hetero) is 1. The number of aliphatic hydroxyl groups excluding tert-OH is 1. The lowest BCUT2D eigenvalue weighted by Gasteiger charge is -2.27. The van der Waals surface area contributed by atoms with Crippen LogP contribution in [-0.4, -0.2) is 72.6 Å². The molecule has 1 amide bonds. The first-order valence-electron chi connectivity index (χ1n) is 10.5. The highest BCUT2D eigenvalue weighted by molar-refractivity contribution is 9.10. The Labute approximate surface area is 206 Å². The molecular formula is C25H27BrN2O6. The van der Waals surface area contributed by atoms with Crippen LogP contribution >= 0.6 is 15.9 Å². The summed E-state index contributed by atoms with van der Waals surface area (Å²) in [6.07, 6.45) is 1.62. The molecule has 3 rings (SSSR count). The maximum Gasteiger partial charge on any atom is 0.295 e. The highest BCUT2D eigenvalue weighted by Gasteiger charge is 2.46. The highest BCUT2D eigenvalue weighted by Crippen LogP contribution is 2.44. The van der Waals surface area contributed by atoms with Gasteiger partial charge in [0.1, 0.15) is 18.1 Å². The van der Waals surface area contributed by atoms with E-state index in [9.17, 15) is 19.8 Å². The molecule has 1 unspecified atom stereocenters. The summed E-state index contributed by atoms with van der Waals surface area (Å²) in [6, 6.07) is 8.85. The number of likely N-dealkylation sites (tertiary alicyclic amines) is 1. The number of carbonyl (C=O) groups excluding carboxylic acids is 2. The van der Waals surface area contributed by atoms with Crippen molar-refractivity contribution < 1.29 is 29.3 Å². The number of phenols is 1. The van der Waals surface area contributed by atoms with Crippen molar-refractivity contribution in [1.29, 1.82) is 0 Å². The van der Waals surface area contributed by atoms with Gasteiger partial charge in [-0.25, -0.2) is 0 Å². The van der Waals surface area contributed by atoms with Gasteiger partial charge < -0.3 is 29.5 Å². The van der Waals surface area contributed by atoms with Crippen LogP contribution in [0.2, 0.25) is 0 Å². The molecule has 1 aliphatic heterocycles. The molecule has 9 heteroatoms. The molecule has 1 aliphatic rings. The van der Waals surface area contributed by atoms with E-state index in [0.717, 1.165) is 0 Å². The van der Waals surface area contributed by atoms with E-state index < -0.39 is 17.7 Å². The summed E-state index contributed by atoms with van der Waals surface area (Å²) in [5, 5.41) is 21.4. The minimum atomic E-state index is -0.873. The van der Waals surface area contributed by atoms with Gasteiger partial charge in [0.15, 0.2) is 11.5 Å². The lowest BCUT2D eigenvalue weighted by Crippen LogP contribution is -2.35. The second kappa shape index (κ2) is 10.8. The Bertz CT molecular complexity index is 1130. The summed E-state index contributed by atoms with van der Waals surface area (Å²) >= 11 is 3.30.